The number of phenolic OH excluding ortho intramolecular Hbond substituents is 1. The monoisotopic (exact) mass is 438 g/mol. The number of aliphatic hydroxyl groups is 1. The summed E-state index contributed by atoms with van der Waals surface area (Å²) in [6.07, 6.45) is 8.13. The average Bonchev–Trinajstić information content (AvgIpc) is 2.65. The fraction of sp³-hybridized carbons (Fsp3) is 0.600. The maximum Gasteiger partial charge on any atom is 0.119 e. The highest BCUT2D eigenvalue weighted by molar-refractivity contribution is 5.57. The van der Waals surface area contributed by atoms with Crippen LogP contribution in [-0.4, -0.2) is 16.3 Å². The quantitative estimate of drug-likeness (QED) is 0.469. The van der Waals surface area contributed by atoms with Crippen LogP contribution in [0.25, 0.3) is 0 Å². The molecule has 0 saturated heterocycles. The van der Waals surface area contributed by atoms with E-state index in [-0.39, 0.29) is 16.7 Å². The Morgan fingerprint density at radius 2 is 1.59 bits per heavy atom. The van der Waals surface area contributed by atoms with Gasteiger partial charge in [0.05, 0.1) is 0 Å². The van der Waals surface area contributed by atoms with Crippen molar-refractivity contribution in [3.8, 4) is 5.75 Å². The molecule has 2 atom stereocenters. The van der Waals surface area contributed by atoms with Crippen molar-refractivity contribution in [2.24, 2.45) is 5.41 Å². The second-order valence-electron chi connectivity index (χ2n) is 11.6. The van der Waals surface area contributed by atoms with E-state index in [2.05, 4.69) is 87.5 Å². The summed E-state index contributed by atoms with van der Waals surface area (Å²) in [5, 5.41) is 22.0. The predicted molar refractivity (Wildman–Crippen MR) is 138 cm³/mol. The molecule has 1 aliphatic carbocycles. The van der Waals surface area contributed by atoms with Crippen molar-refractivity contribution in [2.75, 3.05) is 0 Å². The second kappa shape index (κ2) is 10.00. The molecule has 1 aromatic rings. The molecular weight excluding hydrogens is 392 g/mol. The molecule has 0 saturated carbocycles. The number of aromatic hydroxyl groups is 1. The van der Waals surface area contributed by atoms with Gasteiger partial charge in [0.25, 0.3) is 0 Å². The Hall–Kier alpha value is -1.80. The smallest absolute Gasteiger partial charge is 0.119 e. The van der Waals surface area contributed by atoms with Crippen molar-refractivity contribution in [3.05, 3.63) is 63.3 Å². The van der Waals surface area contributed by atoms with Crippen LogP contribution in [0.5, 0.6) is 5.75 Å². The van der Waals surface area contributed by atoms with Gasteiger partial charge >= 0.3 is 0 Å². The van der Waals surface area contributed by atoms with E-state index >= 15 is 0 Å². The van der Waals surface area contributed by atoms with Crippen LogP contribution in [0.2, 0.25) is 0 Å². The van der Waals surface area contributed by atoms with E-state index in [1.54, 1.807) is 0 Å². The second-order valence-corrected chi connectivity index (χ2v) is 11.6. The first kappa shape index (κ1) is 26.5. The highest BCUT2D eigenvalue weighted by Gasteiger charge is 2.34. The van der Waals surface area contributed by atoms with Gasteiger partial charge in [0.1, 0.15) is 11.9 Å². The number of aryl methyl sites for hydroxylation is 1. The number of benzene rings is 1. The van der Waals surface area contributed by atoms with E-state index in [1.807, 2.05) is 6.07 Å². The topological polar surface area (TPSA) is 40.5 Å². The summed E-state index contributed by atoms with van der Waals surface area (Å²) in [7, 11) is 0. The standard InChI is InChI=1S/C30H46O2/c1-11-13-15-21-20(4)24(18-26(28(21)32)30(8,9)10)22(14-12-2)23-17-25(29(5,6)7)27(31)16-19(23)3/h15-18,22,28,31-32H,11-14H2,1-10H3. The lowest BCUT2D eigenvalue weighted by Gasteiger charge is -2.36. The molecule has 2 N–H and O–H groups in total. The Labute approximate surface area is 197 Å². The van der Waals surface area contributed by atoms with Gasteiger partial charge < -0.3 is 10.2 Å². The zero-order valence-electron chi connectivity index (χ0n) is 22.2. The SMILES string of the molecule is CCCC=C1C(C)=C(C(CCC)c2cc(C(C)(C)C)c(O)cc2C)C=C(C(C)(C)C)C1O. The van der Waals surface area contributed by atoms with Crippen LogP contribution >= 0.6 is 0 Å². The molecule has 0 aromatic heterocycles. The number of hydrogen-bond donors (Lipinski definition) is 2. The Balaban J connectivity index is 2.81. The molecule has 2 unspecified atom stereocenters. The molecule has 0 spiro atoms. The summed E-state index contributed by atoms with van der Waals surface area (Å²) in [5.74, 6) is 0.616. The van der Waals surface area contributed by atoms with Crippen LogP contribution < -0.4 is 0 Å². The molecule has 0 aliphatic heterocycles. The normalized spacial score (nSPS) is 20.0. The molecule has 1 aromatic carbocycles. The van der Waals surface area contributed by atoms with Gasteiger partial charge in [-0.3, -0.25) is 0 Å². The van der Waals surface area contributed by atoms with Gasteiger partial charge in [-0.1, -0.05) is 86.4 Å². The zero-order chi connectivity index (χ0) is 24.4. The maximum absolute atomic E-state index is 11.3. The fourth-order valence-electron chi connectivity index (χ4n) is 4.90. The summed E-state index contributed by atoms with van der Waals surface area (Å²) in [4.78, 5) is 0. The van der Waals surface area contributed by atoms with Gasteiger partial charge in [0.2, 0.25) is 0 Å². The summed E-state index contributed by atoms with van der Waals surface area (Å²) in [5.41, 5.74) is 7.86. The Kier molecular flexibility index (Phi) is 8.26. The molecule has 0 amide bonds. The molecule has 2 rings (SSSR count). The lowest BCUT2D eigenvalue weighted by atomic mass is 9.70. The van der Waals surface area contributed by atoms with Gasteiger partial charge in [0.15, 0.2) is 0 Å². The minimum Gasteiger partial charge on any atom is -0.508 e. The van der Waals surface area contributed by atoms with Crippen LogP contribution in [-0.2, 0) is 5.41 Å². The molecule has 0 radical (unpaired) electrons. The van der Waals surface area contributed by atoms with Crippen molar-refractivity contribution in [2.45, 2.75) is 112 Å². The van der Waals surface area contributed by atoms with Gasteiger partial charge in [0, 0.05) is 5.92 Å². The van der Waals surface area contributed by atoms with Gasteiger partial charge in [-0.25, -0.2) is 0 Å². The van der Waals surface area contributed by atoms with Crippen LogP contribution in [0, 0.1) is 12.3 Å². The number of hydrogen-bond acceptors (Lipinski definition) is 2. The highest BCUT2D eigenvalue weighted by Crippen LogP contribution is 2.46. The first-order valence-corrected chi connectivity index (χ1v) is 12.4. The van der Waals surface area contributed by atoms with E-state index in [9.17, 15) is 10.2 Å². The van der Waals surface area contributed by atoms with Crippen molar-refractivity contribution >= 4 is 0 Å². The number of phenols is 1. The number of unbranched alkanes of at least 4 members (excludes halogenated alkanes) is 1. The lowest BCUT2D eigenvalue weighted by molar-refractivity contribution is 0.217. The first-order valence-electron chi connectivity index (χ1n) is 12.4. The van der Waals surface area contributed by atoms with Crippen molar-refractivity contribution in [1.29, 1.82) is 0 Å². The van der Waals surface area contributed by atoms with Crippen LogP contribution in [0.4, 0.5) is 0 Å². The van der Waals surface area contributed by atoms with Gasteiger partial charge in [-0.2, -0.15) is 0 Å². The minimum absolute atomic E-state index is 0.117. The first-order chi connectivity index (χ1) is 14.7. The minimum atomic E-state index is -0.543. The molecule has 0 fully saturated rings. The average molecular weight is 439 g/mol. The molecule has 0 heterocycles. The molecule has 1 aliphatic rings. The van der Waals surface area contributed by atoms with E-state index in [4.69, 9.17) is 0 Å². The van der Waals surface area contributed by atoms with E-state index in [0.717, 1.165) is 48.0 Å². The lowest BCUT2D eigenvalue weighted by Crippen LogP contribution is -2.29. The third kappa shape index (κ3) is 5.57. The Morgan fingerprint density at radius 3 is 2.09 bits per heavy atom. The van der Waals surface area contributed by atoms with Crippen LogP contribution in [0.15, 0.2) is 46.6 Å². The van der Waals surface area contributed by atoms with Crippen LogP contribution in [0.3, 0.4) is 0 Å². The number of aliphatic hydroxyl groups excluding tert-OH is 1. The largest absolute Gasteiger partial charge is 0.508 e. The summed E-state index contributed by atoms with van der Waals surface area (Å²) < 4.78 is 0. The van der Waals surface area contributed by atoms with Gasteiger partial charge in [-0.05, 0) is 82.6 Å². The summed E-state index contributed by atoms with van der Waals surface area (Å²) in [6, 6.07) is 4.17. The van der Waals surface area contributed by atoms with Crippen molar-refractivity contribution < 1.29 is 10.2 Å². The van der Waals surface area contributed by atoms with E-state index in [1.165, 1.54) is 16.7 Å². The summed E-state index contributed by atoms with van der Waals surface area (Å²) >= 11 is 0. The third-order valence-electron chi connectivity index (χ3n) is 6.81. The molecule has 32 heavy (non-hydrogen) atoms. The van der Waals surface area contributed by atoms with Crippen molar-refractivity contribution in [3.63, 3.8) is 0 Å². The zero-order valence-corrected chi connectivity index (χ0v) is 22.2. The fourth-order valence-corrected chi connectivity index (χ4v) is 4.90. The Bertz CT molecular complexity index is 913. The molecule has 2 nitrogen and oxygen atoms in total. The van der Waals surface area contributed by atoms with E-state index in [0.29, 0.717) is 5.75 Å². The predicted octanol–water partition coefficient (Wildman–Crippen LogP) is 8.27. The van der Waals surface area contributed by atoms with Crippen molar-refractivity contribution in [1.82, 2.24) is 0 Å². The maximum atomic E-state index is 11.3. The van der Waals surface area contributed by atoms with Gasteiger partial charge in [-0.15, -0.1) is 0 Å². The third-order valence-corrected chi connectivity index (χ3v) is 6.81. The number of rotatable bonds is 6. The molecule has 0 bridgehead atoms. The van der Waals surface area contributed by atoms with E-state index < -0.39 is 6.10 Å². The molecular formula is C30H46O2. The summed E-state index contributed by atoms with van der Waals surface area (Å²) in [6.45, 7) is 21.7. The molecule has 178 valence electrons. The van der Waals surface area contributed by atoms with Crippen LogP contribution in [0.1, 0.15) is 111 Å². The number of allylic oxidation sites excluding steroid dienone is 3. The highest BCUT2D eigenvalue weighted by atomic mass is 16.3. The molecule has 2 heteroatoms. The Morgan fingerprint density at radius 1 is 0.969 bits per heavy atom.